The third-order valence-electron chi connectivity index (χ3n) is 1.02. The van der Waals surface area contributed by atoms with E-state index in [4.69, 9.17) is 0 Å². The molecule has 9 heavy (non-hydrogen) atoms. The monoisotopic (exact) mass is 123 g/mol. The lowest BCUT2D eigenvalue weighted by molar-refractivity contribution is 0.623. The minimum Gasteiger partial charge on any atom is -0.264 e. The van der Waals surface area contributed by atoms with E-state index < -0.39 is 0 Å². The van der Waals surface area contributed by atoms with Crippen molar-refractivity contribution in [3.05, 3.63) is 36.4 Å². The van der Waals surface area contributed by atoms with E-state index in [1.165, 1.54) is 24.5 Å². The molecule has 0 saturated heterocycles. The second-order valence-electron chi connectivity index (χ2n) is 1.60. The van der Waals surface area contributed by atoms with Crippen LogP contribution in [0.25, 0.3) is 6.08 Å². The highest BCUT2D eigenvalue weighted by atomic mass is 19.1. The number of hydrogen-bond acceptors (Lipinski definition) is 1. The van der Waals surface area contributed by atoms with Crippen molar-refractivity contribution in [3.8, 4) is 0 Å². The molecule has 2 heteroatoms. The fourth-order valence-corrected chi connectivity index (χ4v) is 0.540. The smallest absolute Gasteiger partial charge is 0.133 e. The molecule has 46 valence electrons. The van der Waals surface area contributed by atoms with Gasteiger partial charge in [-0.15, -0.1) is 0 Å². The van der Waals surface area contributed by atoms with Crippen LogP contribution in [0.2, 0.25) is 0 Å². The van der Waals surface area contributed by atoms with E-state index in [1.807, 2.05) is 0 Å². The number of hydrogen-bond donors (Lipinski definition) is 0. The number of aromatic nitrogens is 1. The van der Waals surface area contributed by atoms with Gasteiger partial charge in [-0.1, -0.05) is 12.7 Å². The summed E-state index contributed by atoms with van der Waals surface area (Å²) in [5.41, 5.74) is 0.442. The van der Waals surface area contributed by atoms with E-state index in [-0.39, 0.29) is 5.82 Å². The van der Waals surface area contributed by atoms with E-state index in [9.17, 15) is 4.39 Å². The van der Waals surface area contributed by atoms with Gasteiger partial charge in [0.2, 0.25) is 0 Å². The zero-order valence-corrected chi connectivity index (χ0v) is 4.84. The summed E-state index contributed by atoms with van der Waals surface area (Å²) in [6.45, 7) is 3.41. The Kier molecular flexibility index (Phi) is 1.58. The minimum absolute atomic E-state index is 0.278. The average molecular weight is 123 g/mol. The van der Waals surface area contributed by atoms with Crippen LogP contribution >= 0.6 is 0 Å². The molecule has 0 saturated carbocycles. The molecule has 1 nitrogen and oxygen atoms in total. The lowest BCUT2D eigenvalue weighted by atomic mass is 10.3. The van der Waals surface area contributed by atoms with Crippen molar-refractivity contribution in [2.24, 2.45) is 0 Å². The Labute approximate surface area is 52.9 Å². The zero-order chi connectivity index (χ0) is 6.69. The summed E-state index contributed by atoms with van der Waals surface area (Å²) < 4.78 is 12.5. The van der Waals surface area contributed by atoms with Gasteiger partial charge in [0.1, 0.15) is 5.82 Å². The van der Waals surface area contributed by atoms with E-state index in [1.54, 1.807) is 0 Å². The fraction of sp³-hybridized carbons (Fsp3) is 0. The Bertz CT molecular complexity index is 220. The molecule has 0 unspecified atom stereocenters. The molecule has 0 aromatic carbocycles. The molecule has 0 atom stereocenters. The van der Waals surface area contributed by atoms with Gasteiger partial charge in [-0.3, -0.25) is 4.98 Å². The van der Waals surface area contributed by atoms with Gasteiger partial charge >= 0.3 is 0 Å². The Morgan fingerprint density at radius 1 is 1.67 bits per heavy atom. The van der Waals surface area contributed by atoms with Gasteiger partial charge in [0.05, 0.1) is 0 Å². The number of nitrogens with zero attached hydrogens (tertiary/aromatic N) is 1. The van der Waals surface area contributed by atoms with Crippen molar-refractivity contribution >= 4 is 6.08 Å². The predicted octanol–water partition coefficient (Wildman–Crippen LogP) is 1.86. The van der Waals surface area contributed by atoms with Crippen molar-refractivity contribution in [2.75, 3.05) is 0 Å². The molecule has 0 fully saturated rings. The third kappa shape index (κ3) is 1.13. The van der Waals surface area contributed by atoms with E-state index >= 15 is 0 Å². The standard InChI is InChI=1S/C7H6FN/c1-2-6-5-9-4-3-7(6)8/h2-5H,1H2. The lowest BCUT2D eigenvalue weighted by Gasteiger charge is -1.90. The summed E-state index contributed by atoms with van der Waals surface area (Å²) in [5.74, 6) is -0.278. The van der Waals surface area contributed by atoms with E-state index in [2.05, 4.69) is 11.6 Å². The highest BCUT2D eigenvalue weighted by molar-refractivity contribution is 5.45. The Morgan fingerprint density at radius 2 is 2.44 bits per heavy atom. The molecule has 1 heterocycles. The van der Waals surface area contributed by atoms with Crippen molar-refractivity contribution in [3.63, 3.8) is 0 Å². The van der Waals surface area contributed by atoms with Crippen molar-refractivity contribution in [1.82, 2.24) is 4.98 Å². The fourth-order valence-electron chi connectivity index (χ4n) is 0.540. The first kappa shape index (κ1) is 5.95. The van der Waals surface area contributed by atoms with Gasteiger partial charge < -0.3 is 0 Å². The number of halogens is 1. The molecular weight excluding hydrogens is 117 g/mol. The zero-order valence-electron chi connectivity index (χ0n) is 4.84. The van der Waals surface area contributed by atoms with Gasteiger partial charge in [-0.2, -0.15) is 0 Å². The molecule has 1 rings (SSSR count). The molecule has 0 bridgehead atoms. The maximum absolute atomic E-state index is 12.5. The largest absolute Gasteiger partial charge is 0.264 e. The van der Waals surface area contributed by atoms with Crippen LogP contribution in [0.4, 0.5) is 4.39 Å². The highest BCUT2D eigenvalue weighted by Crippen LogP contribution is 2.03. The number of pyridine rings is 1. The quantitative estimate of drug-likeness (QED) is 0.555. The van der Waals surface area contributed by atoms with Crippen LogP contribution in [0, 0.1) is 5.82 Å². The molecular formula is C7H6FN. The highest BCUT2D eigenvalue weighted by Gasteiger charge is 1.92. The summed E-state index contributed by atoms with van der Waals surface area (Å²) in [5, 5.41) is 0. The molecule has 0 N–H and O–H groups in total. The van der Waals surface area contributed by atoms with E-state index in [0.29, 0.717) is 5.56 Å². The first-order valence-corrected chi connectivity index (χ1v) is 2.56. The molecule has 0 amide bonds. The Hall–Kier alpha value is -1.18. The normalized spacial score (nSPS) is 9.00. The molecule has 0 aliphatic heterocycles. The lowest BCUT2D eigenvalue weighted by Crippen LogP contribution is -1.80. The van der Waals surface area contributed by atoms with Crippen molar-refractivity contribution in [1.29, 1.82) is 0 Å². The SMILES string of the molecule is C=Cc1cnccc1F. The number of rotatable bonds is 1. The summed E-state index contributed by atoms with van der Waals surface area (Å²) in [4.78, 5) is 3.71. The van der Waals surface area contributed by atoms with Crippen molar-refractivity contribution < 1.29 is 4.39 Å². The maximum atomic E-state index is 12.5. The third-order valence-corrected chi connectivity index (χ3v) is 1.02. The van der Waals surface area contributed by atoms with Crippen LogP contribution < -0.4 is 0 Å². The topological polar surface area (TPSA) is 12.9 Å². The summed E-state index contributed by atoms with van der Waals surface area (Å²) in [7, 11) is 0. The molecule has 0 spiro atoms. The second-order valence-corrected chi connectivity index (χ2v) is 1.60. The van der Waals surface area contributed by atoms with Gasteiger partial charge in [0.25, 0.3) is 0 Å². The average Bonchev–Trinajstić information content (AvgIpc) is 1.89. The maximum Gasteiger partial charge on any atom is 0.133 e. The van der Waals surface area contributed by atoms with Crippen LogP contribution in [-0.4, -0.2) is 4.98 Å². The van der Waals surface area contributed by atoms with Crippen LogP contribution in [-0.2, 0) is 0 Å². The molecule has 1 aromatic heterocycles. The Morgan fingerprint density at radius 3 is 2.89 bits per heavy atom. The molecule has 1 aromatic rings. The van der Waals surface area contributed by atoms with Gasteiger partial charge in [-0.05, 0) is 6.07 Å². The first-order chi connectivity index (χ1) is 4.34. The first-order valence-electron chi connectivity index (χ1n) is 2.56. The molecule has 0 aliphatic rings. The summed E-state index contributed by atoms with van der Waals surface area (Å²) in [6, 6.07) is 1.30. The van der Waals surface area contributed by atoms with Gasteiger partial charge in [-0.25, -0.2) is 4.39 Å². The minimum atomic E-state index is -0.278. The van der Waals surface area contributed by atoms with Crippen LogP contribution in [0.1, 0.15) is 5.56 Å². The van der Waals surface area contributed by atoms with Gasteiger partial charge in [0.15, 0.2) is 0 Å². The van der Waals surface area contributed by atoms with Gasteiger partial charge in [0, 0.05) is 18.0 Å². The van der Waals surface area contributed by atoms with Crippen LogP contribution in [0.3, 0.4) is 0 Å². The van der Waals surface area contributed by atoms with Crippen molar-refractivity contribution in [2.45, 2.75) is 0 Å². The predicted molar refractivity (Wildman–Crippen MR) is 34.3 cm³/mol. The van der Waals surface area contributed by atoms with Crippen LogP contribution in [0.5, 0.6) is 0 Å². The molecule has 0 aliphatic carbocycles. The summed E-state index contributed by atoms with van der Waals surface area (Å²) >= 11 is 0. The summed E-state index contributed by atoms with van der Waals surface area (Å²) in [6.07, 6.45) is 4.27. The van der Waals surface area contributed by atoms with Crippen LogP contribution in [0.15, 0.2) is 25.0 Å². The van der Waals surface area contributed by atoms with E-state index in [0.717, 1.165) is 0 Å². The second kappa shape index (κ2) is 2.40. The Balaban J connectivity index is 3.15. The molecule has 0 radical (unpaired) electrons.